The van der Waals surface area contributed by atoms with Crippen LogP contribution in [0.3, 0.4) is 0 Å². The SMILES string of the molecule is CC(=O)Oc1ccc(C=CNC=O)c(OC(C)=O)c1. The molecule has 1 rings (SSSR count). The number of ether oxygens (including phenoxy) is 2. The summed E-state index contributed by atoms with van der Waals surface area (Å²) in [6, 6.07) is 4.57. The molecule has 0 fully saturated rings. The lowest BCUT2D eigenvalue weighted by Gasteiger charge is -2.08. The van der Waals surface area contributed by atoms with E-state index in [-0.39, 0.29) is 11.5 Å². The molecule has 0 aliphatic carbocycles. The average molecular weight is 263 g/mol. The summed E-state index contributed by atoms with van der Waals surface area (Å²) >= 11 is 0. The lowest BCUT2D eigenvalue weighted by molar-refractivity contribution is -0.132. The maximum Gasteiger partial charge on any atom is 0.308 e. The summed E-state index contributed by atoms with van der Waals surface area (Å²) in [7, 11) is 0. The van der Waals surface area contributed by atoms with Gasteiger partial charge in [0, 0.05) is 31.7 Å². The summed E-state index contributed by atoms with van der Waals surface area (Å²) in [5.41, 5.74) is 0.556. The predicted octanol–water partition coefficient (Wildman–Crippen LogP) is 1.25. The lowest BCUT2D eigenvalue weighted by atomic mass is 10.2. The third kappa shape index (κ3) is 5.03. The van der Waals surface area contributed by atoms with E-state index in [0.717, 1.165) is 0 Å². The number of hydrogen-bond donors (Lipinski definition) is 1. The normalized spacial score (nSPS) is 10.0. The second kappa shape index (κ2) is 6.95. The van der Waals surface area contributed by atoms with Crippen molar-refractivity contribution in [3.63, 3.8) is 0 Å². The first-order chi connectivity index (χ1) is 9.02. The van der Waals surface area contributed by atoms with Crippen LogP contribution in [-0.2, 0) is 14.4 Å². The molecule has 0 saturated carbocycles. The van der Waals surface area contributed by atoms with Crippen molar-refractivity contribution in [2.75, 3.05) is 0 Å². The first-order valence-corrected chi connectivity index (χ1v) is 5.40. The molecule has 0 unspecified atom stereocenters. The molecule has 0 atom stereocenters. The van der Waals surface area contributed by atoms with Gasteiger partial charge < -0.3 is 14.8 Å². The largest absolute Gasteiger partial charge is 0.427 e. The Morgan fingerprint density at radius 1 is 1.16 bits per heavy atom. The molecule has 100 valence electrons. The minimum Gasteiger partial charge on any atom is -0.427 e. The average Bonchev–Trinajstić information content (AvgIpc) is 2.30. The highest BCUT2D eigenvalue weighted by molar-refractivity contribution is 5.74. The van der Waals surface area contributed by atoms with E-state index in [2.05, 4.69) is 5.32 Å². The lowest BCUT2D eigenvalue weighted by Crippen LogP contribution is -2.05. The van der Waals surface area contributed by atoms with Crippen LogP contribution in [0.1, 0.15) is 19.4 Å². The molecule has 0 aliphatic heterocycles. The van der Waals surface area contributed by atoms with E-state index in [0.29, 0.717) is 12.0 Å². The molecule has 0 spiro atoms. The number of carbonyl (C=O) groups excluding carboxylic acids is 3. The third-order valence-electron chi connectivity index (χ3n) is 1.93. The number of rotatable bonds is 5. The van der Waals surface area contributed by atoms with Gasteiger partial charge in [-0.05, 0) is 18.2 Å². The van der Waals surface area contributed by atoms with Crippen LogP contribution in [0, 0.1) is 0 Å². The Morgan fingerprint density at radius 2 is 1.84 bits per heavy atom. The fraction of sp³-hybridized carbons (Fsp3) is 0.154. The summed E-state index contributed by atoms with van der Waals surface area (Å²) in [5, 5.41) is 2.34. The van der Waals surface area contributed by atoms with Gasteiger partial charge in [0.1, 0.15) is 11.5 Å². The summed E-state index contributed by atoms with van der Waals surface area (Å²) in [6.45, 7) is 2.53. The molecule has 0 aliphatic rings. The van der Waals surface area contributed by atoms with Gasteiger partial charge in [0.05, 0.1) is 0 Å². The summed E-state index contributed by atoms with van der Waals surface area (Å²) < 4.78 is 9.89. The van der Waals surface area contributed by atoms with Crippen molar-refractivity contribution in [2.24, 2.45) is 0 Å². The van der Waals surface area contributed by atoms with Gasteiger partial charge in [0.15, 0.2) is 0 Å². The number of carbonyl (C=O) groups is 3. The Kier molecular flexibility index (Phi) is 5.28. The van der Waals surface area contributed by atoms with Crippen LogP contribution in [0.25, 0.3) is 6.08 Å². The van der Waals surface area contributed by atoms with E-state index in [4.69, 9.17) is 9.47 Å². The summed E-state index contributed by atoms with van der Waals surface area (Å²) in [5.74, 6) is -0.475. The highest BCUT2D eigenvalue weighted by Gasteiger charge is 2.07. The van der Waals surface area contributed by atoms with Gasteiger partial charge in [-0.2, -0.15) is 0 Å². The summed E-state index contributed by atoms with van der Waals surface area (Å²) in [6.07, 6.45) is 3.44. The van der Waals surface area contributed by atoms with Crippen LogP contribution < -0.4 is 14.8 Å². The number of benzene rings is 1. The first-order valence-electron chi connectivity index (χ1n) is 5.40. The van der Waals surface area contributed by atoms with Crippen LogP contribution in [0.4, 0.5) is 0 Å². The fourth-order valence-electron chi connectivity index (χ4n) is 1.30. The van der Waals surface area contributed by atoms with E-state index in [1.165, 1.54) is 26.1 Å². The van der Waals surface area contributed by atoms with Crippen LogP contribution >= 0.6 is 0 Å². The molecule has 0 heterocycles. The zero-order valence-electron chi connectivity index (χ0n) is 10.5. The molecule has 1 N–H and O–H groups in total. The third-order valence-corrected chi connectivity index (χ3v) is 1.93. The Morgan fingerprint density at radius 3 is 2.42 bits per heavy atom. The molecule has 19 heavy (non-hydrogen) atoms. The van der Waals surface area contributed by atoms with E-state index in [1.807, 2.05) is 0 Å². The Hall–Kier alpha value is -2.63. The van der Waals surface area contributed by atoms with Gasteiger partial charge in [-0.15, -0.1) is 0 Å². The van der Waals surface area contributed by atoms with Crippen molar-refractivity contribution in [3.05, 3.63) is 30.0 Å². The predicted molar refractivity (Wildman–Crippen MR) is 67.3 cm³/mol. The molecule has 0 saturated heterocycles. The van der Waals surface area contributed by atoms with Gasteiger partial charge >= 0.3 is 11.9 Å². The standard InChI is InChI=1S/C13H13NO5/c1-9(16)18-12-4-3-11(5-6-14-8-15)13(7-12)19-10(2)17/h3-8H,1-2H3,(H,14,15). The number of esters is 2. The fourth-order valence-corrected chi connectivity index (χ4v) is 1.30. The molecular formula is C13H13NO5. The molecule has 6 heteroatoms. The van der Waals surface area contributed by atoms with Crippen molar-refractivity contribution in [2.45, 2.75) is 13.8 Å². The highest BCUT2D eigenvalue weighted by Crippen LogP contribution is 2.26. The van der Waals surface area contributed by atoms with Gasteiger partial charge in [-0.1, -0.05) is 0 Å². The Labute approximate surface area is 110 Å². The van der Waals surface area contributed by atoms with Gasteiger partial charge in [-0.25, -0.2) is 0 Å². The topological polar surface area (TPSA) is 81.7 Å². The van der Waals surface area contributed by atoms with Crippen LogP contribution in [0.5, 0.6) is 11.5 Å². The van der Waals surface area contributed by atoms with Crippen molar-refractivity contribution < 1.29 is 23.9 Å². The van der Waals surface area contributed by atoms with Crippen molar-refractivity contribution >= 4 is 24.4 Å². The Balaban J connectivity index is 3.04. The zero-order valence-corrected chi connectivity index (χ0v) is 10.5. The minimum atomic E-state index is -0.502. The smallest absolute Gasteiger partial charge is 0.308 e. The quantitative estimate of drug-likeness (QED) is 0.491. The molecule has 1 aromatic rings. The minimum absolute atomic E-state index is 0.232. The second-order valence-corrected chi connectivity index (χ2v) is 3.50. The van der Waals surface area contributed by atoms with E-state index in [1.54, 1.807) is 18.2 Å². The molecular weight excluding hydrogens is 250 g/mol. The van der Waals surface area contributed by atoms with Crippen LogP contribution in [0.2, 0.25) is 0 Å². The first kappa shape index (κ1) is 14.4. The second-order valence-electron chi connectivity index (χ2n) is 3.50. The van der Waals surface area contributed by atoms with Gasteiger partial charge in [-0.3, -0.25) is 14.4 Å². The zero-order chi connectivity index (χ0) is 14.3. The monoisotopic (exact) mass is 263 g/mol. The van der Waals surface area contributed by atoms with Gasteiger partial charge in [0.2, 0.25) is 6.41 Å². The molecule has 0 bridgehead atoms. The van der Waals surface area contributed by atoms with Crippen LogP contribution in [-0.4, -0.2) is 18.3 Å². The number of amides is 1. The van der Waals surface area contributed by atoms with E-state index < -0.39 is 11.9 Å². The van der Waals surface area contributed by atoms with Crippen molar-refractivity contribution in [3.8, 4) is 11.5 Å². The van der Waals surface area contributed by atoms with E-state index >= 15 is 0 Å². The molecule has 0 radical (unpaired) electrons. The van der Waals surface area contributed by atoms with Crippen molar-refractivity contribution in [1.82, 2.24) is 5.32 Å². The molecule has 0 aromatic heterocycles. The Bertz CT molecular complexity index is 522. The highest BCUT2D eigenvalue weighted by atomic mass is 16.5. The van der Waals surface area contributed by atoms with E-state index in [9.17, 15) is 14.4 Å². The maximum atomic E-state index is 11.0. The molecule has 1 amide bonds. The van der Waals surface area contributed by atoms with Crippen LogP contribution in [0.15, 0.2) is 24.4 Å². The maximum absolute atomic E-state index is 11.0. The summed E-state index contributed by atoms with van der Waals surface area (Å²) in [4.78, 5) is 32.0. The number of hydrogen-bond acceptors (Lipinski definition) is 5. The molecule has 1 aromatic carbocycles. The van der Waals surface area contributed by atoms with Gasteiger partial charge in [0.25, 0.3) is 0 Å². The number of nitrogens with one attached hydrogen (secondary N) is 1. The molecule has 6 nitrogen and oxygen atoms in total. The van der Waals surface area contributed by atoms with Crippen molar-refractivity contribution in [1.29, 1.82) is 0 Å².